The van der Waals surface area contributed by atoms with E-state index in [0.29, 0.717) is 16.5 Å². The summed E-state index contributed by atoms with van der Waals surface area (Å²) in [6.07, 6.45) is 2.25. The predicted octanol–water partition coefficient (Wildman–Crippen LogP) is 4.81. The van der Waals surface area contributed by atoms with Crippen molar-refractivity contribution in [2.24, 2.45) is 5.92 Å². The second-order valence-electron chi connectivity index (χ2n) is 6.13. The van der Waals surface area contributed by atoms with Crippen LogP contribution in [0.3, 0.4) is 0 Å². The van der Waals surface area contributed by atoms with Crippen molar-refractivity contribution in [3.05, 3.63) is 55.6 Å². The molecule has 1 saturated heterocycles. The Bertz CT molecular complexity index is 684. The number of benzene rings is 1. The van der Waals surface area contributed by atoms with Crippen LogP contribution < -0.4 is 5.32 Å². The number of thiophene rings is 1. The van der Waals surface area contributed by atoms with Gasteiger partial charge in [0.1, 0.15) is 0 Å². The highest BCUT2D eigenvalue weighted by Crippen LogP contribution is 2.22. The van der Waals surface area contributed by atoms with Gasteiger partial charge in [-0.1, -0.05) is 33.6 Å². The number of nitrogens with one attached hydrogen (secondary N) is 1. The van der Waals surface area contributed by atoms with E-state index < -0.39 is 0 Å². The van der Waals surface area contributed by atoms with Crippen molar-refractivity contribution in [1.29, 1.82) is 0 Å². The summed E-state index contributed by atoms with van der Waals surface area (Å²) < 4.78 is 0.877. The third-order valence-corrected chi connectivity index (χ3v) is 6.06. The van der Waals surface area contributed by atoms with Crippen LogP contribution in [-0.4, -0.2) is 30.4 Å². The van der Waals surface area contributed by atoms with Crippen LogP contribution in [0.4, 0.5) is 0 Å². The summed E-state index contributed by atoms with van der Waals surface area (Å²) in [4.78, 5) is 16.2. The number of carbonyl (C=O) groups excluding carboxylic acids is 1. The van der Waals surface area contributed by atoms with Crippen LogP contribution in [0.1, 0.15) is 28.1 Å². The smallest absolute Gasteiger partial charge is 0.252 e. The fourth-order valence-electron chi connectivity index (χ4n) is 2.98. The molecule has 6 heteroatoms. The molecular formula is C18H20BrClN2OS. The largest absolute Gasteiger partial charge is 0.352 e. The minimum atomic E-state index is -0.0893. The molecule has 0 unspecified atom stereocenters. The molecule has 1 aromatic carbocycles. The van der Waals surface area contributed by atoms with E-state index in [9.17, 15) is 4.79 Å². The number of piperidine rings is 1. The Hall–Kier alpha value is -0.880. The van der Waals surface area contributed by atoms with Gasteiger partial charge < -0.3 is 5.32 Å². The van der Waals surface area contributed by atoms with E-state index in [-0.39, 0.29) is 5.91 Å². The van der Waals surface area contributed by atoms with Gasteiger partial charge in [0.25, 0.3) is 5.91 Å². The Kier molecular flexibility index (Phi) is 6.33. The zero-order chi connectivity index (χ0) is 16.9. The third-order valence-electron chi connectivity index (χ3n) is 4.39. The van der Waals surface area contributed by atoms with Crippen LogP contribution in [0.2, 0.25) is 5.02 Å². The number of likely N-dealkylation sites (tertiary alicyclic amines) is 1. The molecule has 1 aromatic heterocycles. The first-order valence-electron chi connectivity index (χ1n) is 8.10. The Morgan fingerprint density at radius 1 is 1.33 bits per heavy atom. The zero-order valence-corrected chi connectivity index (χ0v) is 16.5. The summed E-state index contributed by atoms with van der Waals surface area (Å²) in [6, 6.07) is 9.64. The summed E-state index contributed by atoms with van der Waals surface area (Å²) in [5.41, 5.74) is 0.537. The zero-order valence-electron chi connectivity index (χ0n) is 13.3. The quantitative estimate of drug-likeness (QED) is 0.743. The summed E-state index contributed by atoms with van der Waals surface area (Å²) >= 11 is 11.3. The predicted molar refractivity (Wildman–Crippen MR) is 104 cm³/mol. The summed E-state index contributed by atoms with van der Waals surface area (Å²) in [7, 11) is 0. The fraction of sp³-hybridized carbons (Fsp3) is 0.389. The lowest BCUT2D eigenvalue weighted by molar-refractivity contribution is 0.0935. The average molecular weight is 428 g/mol. The summed E-state index contributed by atoms with van der Waals surface area (Å²) in [5, 5.41) is 5.64. The minimum Gasteiger partial charge on any atom is -0.352 e. The lowest BCUT2D eigenvalue weighted by Gasteiger charge is -2.31. The van der Waals surface area contributed by atoms with Crippen LogP contribution in [0, 0.1) is 5.92 Å². The number of nitrogens with zero attached hydrogens (tertiary/aromatic N) is 1. The van der Waals surface area contributed by atoms with E-state index in [1.165, 1.54) is 4.88 Å². The first kappa shape index (κ1) is 17.9. The van der Waals surface area contributed by atoms with Crippen LogP contribution in [0.15, 0.2) is 40.2 Å². The van der Waals surface area contributed by atoms with Crippen molar-refractivity contribution in [2.45, 2.75) is 19.4 Å². The Morgan fingerprint density at radius 3 is 2.79 bits per heavy atom. The van der Waals surface area contributed by atoms with Crippen LogP contribution in [0.25, 0.3) is 0 Å². The van der Waals surface area contributed by atoms with Crippen molar-refractivity contribution in [3.63, 3.8) is 0 Å². The molecule has 3 nitrogen and oxygen atoms in total. The molecule has 0 bridgehead atoms. The molecule has 1 N–H and O–H groups in total. The van der Waals surface area contributed by atoms with Crippen LogP contribution >= 0.6 is 38.9 Å². The number of halogens is 2. The highest BCUT2D eigenvalue weighted by Gasteiger charge is 2.20. The van der Waals surface area contributed by atoms with Crippen LogP contribution in [-0.2, 0) is 6.54 Å². The van der Waals surface area contributed by atoms with Gasteiger partial charge in [0, 0.05) is 22.4 Å². The Morgan fingerprint density at radius 2 is 2.12 bits per heavy atom. The van der Waals surface area contributed by atoms with E-state index in [1.54, 1.807) is 12.1 Å². The number of rotatable bonds is 5. The lowest BCUT2D eigenvalue weighted by atomic mass is 9.96. The van der Waals surface area contributed by atoms with E-state index in [2.05, 4.69) is 43.7 Å². The maximum absolute atomic E-state index is 12.3. The first-order chi connectivity index (χ1) is 11.6. The van der Waals surface area contributed by atoms with Gasteiger partial charge >= 0.3 is 0 Å². The Balaban J connectivity index is 1.44. The molecule has 0 saturated carbocycles. The topological polar surface area (TPSA) is 32.3 Å². The van der Waals surface area contributed by atoms with Gasteiger partial charge in [0.2, 0.25) is 0 Å². The molecule has 1 aliphatic rings. The van der Waals surface area contributed by atoms with Crippen molar-refractivity contribution in [1.82, 2.24) is 10.2 Å². The van der Waals surface area contributed by atoms with E-state index >= 15 is 0 Å². The summed E-state index contributed by atoms with van der Waals surface area (Å²) in [6.45, 7) is 3.96. The van der Waals surface area contributed by atoms with E-state index in [1.807, 2.05) is 17.4 Å². The van der Waals surface area contributed by atoms with Gasteiger partial charge in [-0.15, -0.1) is 11.3 Å². The third kappa shape index (κ3) is 4.82. The molecule has 3 rings (SSSR count). The molecule has 0 spiro atoms. The maximum Gasteiger partial charge on any atom is 0.252 e. The van der Waals surface area contributed by atoms with Gasteiger partial charge in [-0.3, -0.25) is 9.69 Å². The number of amides is 1. The molecule has 0 radical (unpaired) electrons. The molecule has 0 aliphatic carbocycles. The van der Waals surface area contributed by atoms with Crippen molar-refractivity contribution in [3.8, 4) is 0 Å². The lowest BCUT2D eigenvalue weighted by Crippen LogP contribution is -2.38. The van der Waals surface area contributed by atoms with Gasteiger partial charge in [-0.2, -0.15) is 0 Å². The number of hydrogen-bond donors (Lipinski definition) is 1. The van der Waals surface area contributed by atoms with Crippen molar-refractivity contribution in [2.75, 3.05) is 19.6 Å². The van der Waals surface area contributed by atoms with Crippen molar-refractivity contribution >= 4 is 44.8 Å². The summed E-state index contributed by atoms with van der Waals surface area (Å²) in [5.74, 6) is 0.455. The molecular weight excluding hydrogens is 408 g/mol. The SMILES string of the molecule is O=C(NCC1CCN(Cc2cccs2)CC1)c1ccc(Br)cc1Cl. The van der Waals surface area contributed by atoms with Gasteiger partial charge in [0.05, 0.1) is 10.6 Å². The van der Waals surface area contributed by atoms with E-state index in [4.69, 9.17) is 11.6 Å². The molecule has 24 heavy (non-hydrogen) atoms. The Labute approximate surface area is 160 Å². The fourth-order valence-corrected chi connectivity index (χ4v) is 4.48. The highest BCUT2D eigenvalue weighted by atomic mass is 79.9. The molecule has 1 aliphatic heterocycles. The molecule has 2 aromatic rings. The van der Waals surface area contributed by atoms with Gasteiger partial charge in [-0.05, 0) is 61.5 Å². The number of hydrogen-bond acceptors (Lipinski definition) is 3. The van der Waals surface area contributed by atoms with Gasteiger partial charge in [0.15, 0.2) is 0 Å². The van der Waals surface area contributed by atoms with E-state index in [0.717, 1.165) is 43.5 Å². The molecule has 2 heterocycles. The molecule has 1 amide bonds. The molecule has 1 fully saturated rings. The monoisotopic (exact) mass is 426 g/mol. The minimum absolute atomic E-state index is 0.0893. The standard InChI is InChI=1S/C18H20BrClN2OS/c19-14-3-4-16(17(20)10-14)18(23)21-11-13-5-7-22(8-6-13)12-15-2-1-9-24-15/h1-4,9-10,13H,5-8,11-12H2,(H,21,23). The highest BCUT2D eigenvalue weighted by molar-refractivity contribution is 9.10. The molecule has 0 atom stereocenters. The first-order valence-corrected chi connectivity index (χ1v) is 10.1. The molecule has 128 valence electrons. The maximum atomic E-state index is 12.3. The number of carbonyl (C=O) groups is 1. The van der Waals surface area contributed by atoms with Crippen LogP contribution in [0.5, 0.6) is 0 Å². The van der Waals surface area contributed by atoms with Gasteiger partial charge in [-0.25, -0.2) is 0 Å². The second kappa shape index (κ2) is 8.48. The average Bonchev–Trinajstić information content (AvgIpc) is 3.07. The normalized spacial score (nSPS) is 16.2. The second-order valence-corrected chi connectivity index (χ2v) is 8.49. The van der Waals surface area contributed by atoms with Crippen molar-refractivity contribution < 1.29 is 4.79 Å².